The molecular formula is C10H13F3N2. The topological polar surface area (TPSA) is 17.8 Å². The standard InChI is InChI=1S/C10H13F3N2/c1-6-7(2)15(5-8-3-4-8)14-9(6)10(11,12)13/h8H,3-5H2,1-2H3. The van der Waals surface area contributed by atoms with E-state index in [2.05, 4.69) is 5.10 Å². The van der Waals surface area contributed by atoms with E-state index >= 15 is 0 Å². The zero-order valence-corrected chi connectivity index (χ0v) is 8.73. The van der Waals surface area contributed by atoms with E-state index in [0.717, 1.165) is 12.8 Å². The normalized spacial score (nSPS) is 17.1. The average Bonchev–Trinajstić information content (AvgIpc) is 2.86. The van der Waals surface area contributed by atoms with Crippen molar-refractivity contribution in [2.24, 2.45) is 5.92 Å². The van der Waals surface area contributed by atoms with Crippen molar-refractivity contribution in [1.29, 1.82) is 0 Å². The number of halogens is 3. The van der Waals surface area contributed by atoms with E-state index in [-0.39, 0.29) is 5.56 Å². The third-order valence-corrected chi connectivity index (χ3v) is 2.90. The largest absolute Gasteiger partial charge is 0.435 e. The molecule has 1 aromatic rings. The molecule has 0 aliphatic heterocycles. The first-order valence-corrected chi connectivity index (χ1v) is 5.01. The van der Waals surface area contributed by atoms with Crippen LogP contribution in [0.1, 0.15) is 29.8 Å². The quantitative estimate of drug-likeness (QED) is 0.746. The Morgan fingerprint density at radius 3 is 2.33 bits per heavy atom. The Labute approximate surface area is 86.1 Å². The van der Waals surface area contributed by atoms with E-state index in [1.54, 1.807) is 6.92 Å². The van der Waals surface area contributed by atoms with Gasteiger partial charge < -0.3 is 0 Å². The van der Waals surface area contributed by atoms with E-state index in [0.29, 0.717) is 18.2 Å². The van der Waals surface area contributed by atoms with Crippen LogP contribution in [0.15, 0.2) is 0 Å². The number of nitrogens with zero attached hydrogens (tertiary/aromatic N) is 2. The summed E-state index contributed by atoms with van der Waals surface area (Å²) < 4.78 is 39.1. The summed E-state index contributed by atoms with van der Waals surface area (Å²) in [6, 6.07) is 0. The van der Waals surface area contributed by atoms with Crippen molar-refractivity contribution < 1.29 is 13.2 Å². The summed E-state index contributed by atoms with van der Waals surface area (Å²) in [4.78, 5) is 0. The van der Waals surface area contributed by atoms with Gasteiger partial charge in [0.1, 0.15) is 0 Å². The first-order valence-electron chi connectivity index (χ1n) is 5.01. The van der Waals surface area contributed by atoms with Gasteiger partial charge in [0.25, 0.3) is 0 Å². The van der Waals surface area contributed by atoms with Crippen molar-refractivity contribution in [2.75, 3.05) is 0 Å². The lowest BCUT2D eigenvalue weighted by Gasteiger charge is -2.02. The molecule has 0 aromatic carbocycles. The summed E-state index contributed by atoms with van der Waals surface area (Å²) in [5.74, 6) is 0.532. The summed E-state index contributed by atoms with van der Waals surface area (Å²) in [6.07, 6.45) is -2.11. The Kier molecular flexibility index (Phi) is 2.28. The van der Waals surface area contributed by atoms with Gasteiger partial charge in [0.05, 0.1) is 0 Å². The van der Waals surface area contributed by atoms with E-state index in [1.165, 1.54) is 11.6 Å². The highest BCUT2D eigenvalue weighted by atomic mass is 19.4. The monoisotopic (exact) mass is 218 g/mol. The van der Waals surface area contributed by atoms with Gasteiger partial charge in [-0.15, -0.1) is 0 Å². The van der Waals surface area contributed by atoms with Crippen molar-refractivity contribution in [3.8, 4) is 0 Å². The zero-order chi connectivity index (χ0) is 11.2. The highest BCUT2D eigenvalue weighted by molar-refractivity contribution is 5.25. The minimum atomic E-state index is -4.33. The second-order valence-electron chi connectivity index (χ2n) is 4.18. The molecule has 1 aliphatic rings. The van der Waals surface area contributed by atoms with Gasteiger partial charge in [-0.3, -0.25) is 4.68 Å². The molecule has 1 aromatic heterocycles. The van der Waals surface area contributed by atoms with Gasteiger partial charge in [0.15, 0.2) is 5.69 Å². The fourth-order valence-corrected chi connectivity index (χ4v) is 1.63. The van der Waals surface area contributed by atoms with Crippen LogP contribution in [0.4, 0.5) is 13.2 Å². The van der Waals surface area contributed by atoms with E-state index < -0.39 is 11.9 Å². The average molecular weight is 218 g/mol. The van der Waals surface area contributed by atoms with Gasteiger partial charge in [-0.25, -0.2) is 0 Å². The van der Waals surface area contributed by atoms with Gasteiger partial charge in [-0.1, -0.05) is 0 Å². The van der Waals surface area contributed by atoms with Crippen LogP contribution in [-0.4, -0.2) is 9.78 Å². The molecule has 0 bridgehead atoms. The minimum Gasteiger partial charge on any atom is -0.269 e. The third kappa shape index (κ3) is 2.01. The number of rotatable bonds is 2. The molecule has 0 amide bonds. The molecule has 2 rings (SSSR count). The predicted octanol–water partition coefficient (Wildman–Crippen LogP) is 2.93. The van der Waals surface area contributed by atoms with Crippen molar-refractivity contribution >= 4 is 0 Å². The highest BCUT2D eigenvalue weighted by Crippen LogP contribution is 2.34. The molecule has 0 unspecified atom stereocenters. The fraction of sp³-hybridized carbons (Fsp3) is 0.700. The number of aromatic nitrogens is 2. The van der Waals surface area contributed by atoms with Crippen LogP contribution in [0.5, 0.6) is 0 Å². The molecule has 0 radical (unpaired) electrons. The van der Waals surface area contributed by atoms with Crippen molar-refractivity contribution in [1.82, 2.24) is 9.78 Å². The van der Waals surface area contributed by atoms with Gasteiger partial charge in [0, 0.05) is 17.8 Å². The number of alkyl halides is 3. The second-order valence-corrected chi connectivity index (χ2v) is 4.18. The molecule has 1 aliphatic carbocycles. The van der Waals surface area contributed by atoms with E-state index in [9.17, 15) is 13.2 Å². The molecule has 5 heteroatoms. The van der Waals surface area contributed by atoms with E-state index in [1.807, 2.05) is 0 Å². The fourth-order valence-electron chi connectivity index (χ4n) is 1.63. The molecule has 1 saturated carbocycles. The Balaban J connectivity index is 2.32. The predicted molar refractivity (Wildman–Crippen MR) is 49.4 cm³/mol. The minimum absolute atomic E-state index is 0.253. The summed E-state index contributed by atoms with van der Waals surface area (Å²) in [5.41, 5.74) is 0.151. The smallest absolute Gasteiger partial charge is 0.269 e. The van der Waals surface area contributed by atoms with Crippen molar-refractivity contribution in [3.63, 3.8) is 0 Å². The molecule has 1 heterocycles. The summed E-state index contributed by atoms with van der Waals surface area (Å²) >= 11 is 0. The lowest BCUT2D eigenvalue weighted by Crippen LogP contribution is -2.09. The van der Waals surface area contributed by atoms with Crippen LogP contribution in [0, 0.1) is 19.8 Å². The zero-order valence-electron chi connectivity index (χ0n) is 8.73. The summed E-state index contributed by atoms with van der Waals surface area (Å²) in [5, 5.41) is 3.65. The Hall–Kier alpha value is -1.00. The number of hydrogen-bond acceptors (Lipinski definition) is 1. The molecular weight excluding hydrogens is 205 g/mol. The maximum atomic E-state index is 12.5. The second kappa shape index (κ2) is 3.25. The van der Waals surface area contributed by atoms with Crippen LogP contribution in [0.25, 0.3) is 0 Å². The lowest BCUT2D eigenvalue weighted by atomic mass is 10.2. The molecule has 0 saturated heterocycles. The van der Waals surface area contributed by atoms with Crippen molar-refractivity contribution in [3.05, 3.63) is 17.0 Å². The lowest BCUT2D eigenvalue weighted by molar-refractivity contribution is -0.141. The summed E-state index contributed by atoms with van der Waals surface area (Å²) in [6.45, 7) is 3.80. The first-order chi connectivity index (χ1) is 6.89. The third-order valence-electron chi connectivity index (χ3n) is 2.90. The molecule has 84 valence electrons. The van der Waals surface area contributed by atoms with Gasteiger partial charge in [0.2, 0.25) is 0 Å². The molecule has 0 atom stereocenters. The van der Waals surface area contributed by atoms with E-state index in [4.69, 9.17) is 0 Å². The van der Waals surface area contributed by atoms with Crippen LogP contribution in [0.3, 0.4) is 0 Å². The van der Waals surface area contributed by atoms with Gasteiger partial charge in [-0.2, -0.15) is 18.3 Å². The van der Waals surface area contributed by atoms with Gasteiger partial charge in [-0.05, 0) is 32.6 Å². The SMILES string of the molecule is Cc1c(C(F)(F)F)nn(CC2CC2)c1C. The maximum absolute atomic E-state index is 12.5. The Bertz CT molecular complexity index is 375. The van der Waals surface area contributed by atoms with Crippen LogP contribution in [0.2, 0.25) is 0 Å². The molecule has 2 nitrogen and oxygen atoms in total. The Morgan fingerprint density at radius 1 is 1.33 bits per heavy atom. The highest BCUT2D eigenvalue weighted by Gasteiger charge is 2.37. The van der Waals surface area contributed by atoms with Gasteiger partial charge >= 0.3 is 6.18 Å². The summed E-state index contributed by atoms with van der Waals surface area (Å²) in [7, 11) is 0. The van der Waals surface area contributed by atoms with Crippen molar-refractivity contribution in [2.45, 2.75) is 39.4 Å². The van der Waals surface area contributed by atoms with Crippen LogP contribution < -0.4 is 0 Å². The van der Waals surface area contributed by atoms with Crippen LogP contribution >= 0.6 is 0 Å². The first kappa shape index (κ1) is 10.5. The maximum Gasteiger partial charge on any atom is 0.435 e. The molecule has 0 spiro atoms. The molecule has 0 N–H and O–H groups in total. The Morgan fingerprint density at radius 2 is 1.93 bits per heavy atom. The van der Waals surface area contributed by atoms with Crippen LogP contribution in [-0.2, 0) is 12.7 Å². The number of hydrogen-bond donors (Lipinski definition) is 0. The molecule has 1 fully saturated rings. The molecule has 15 heavy (non-hydrogen) atoms.